The molecule has 6 heteroatoms. The number of rotatable bonds is 6. The van der Waals surface area contributed by atoms with Crippen LogP contribution in [0.25, 0.3) is 0 Å². The van der Waals surface area contributed by atoms with Crippen LogP contribution in [0.1, 0.15) is 42.4 Å². The van der Waals surface area contributed by atoms with E-state index in [0.717, 1.165) is 42.4 Å². The van der Waals surface area contributed by atoms with Gasteiger partial charge in [-0.3, -0.25) is 9.10 Å². The SMILES string of the molecule is Cc1ccc(S(=O)(=O)N(CC(=O)N(C)C2CCCC2)c2ccc(C)cc2C)cc1. The first-order valence-corrected chi connectivity index (χ1v) is 11.6. The van der Waals surface area contributed by atoms with Gasteiger partial charge in [-0.2, -0.15) is 0 Å². The van der Waals surface area contributed by atoms with E-state index in [0.29, 0.717) is 5.69 Å². The molecule has 1 amide bonds. The van der Waals surface area contributed by atoms with Crippen LogP contribution in [0.4, 0.5) is 5.69 Å². The first-order valence-electron chi connectivity index (χ1n) is 10.1. The summed E-state index contributed by atoms with van der Waals surface area (Å²) >= 11 is 0. The molecule has 29 heavy (non-hydrogen) atoms. The molecule has 3 rings (SSSR count). The van der Waals surface area contributed by atoms with E-state index < -0.39 is 10.0 Å². The molecule has 0 radical (unpaired) electrons. The zero-order chi connectivity index (χ0) is 21.2. The highest BCUT2D eigenvalue weighted by atomic mass is 32.2. The smallest absolute Gasteiger partial charge is 0.264 e. The van der Waals surface area contributed by atoms with Gasteiger partial charge in [-0.25, -0.2) is 8.42 Å². The predicted molar refractivity (Wildman–Crippen MR) is 117 cm³/mol. The molecule has 0 bridgehead atoms. The molecule has 0 aliphatic heterocycles. The fourth-order valence-electron chi connectivity index (χ4n) is 3.95. The lowest BCUT2D eigenvalue weighted by molar-refractivity contribution is -0.130. The van der Waals surface area contributed by atoms with Gasteiger partial charge in [0.15, 0.2) is 0 Å². The molecule has 0 spiro atoms. The number of nitrogens with zero attached hydrogens (tertiary/aromatic N) is 2. The summed E-state index contributed by atoms with van der Waals surface area (Å²) in [4.78, 5) is 15.0. The Hall–Kier alpha value is -2.34. The third-order valence-electron chi connectivity index (χ3n) is 5.77. The quantitative estimate of drug-likeness (QED) is 0.711. The molecular weight excluding hydrogens is 384 g/mol. The summed E-state index contributed by atoms with van der Waals surface area (Å²) in [5, 5.41) is 0. The molecule has 5 nitrogen and oxygen atoms in total. The lowest BCUT2D eigenvalue weighted by Gasteiger charge is -2.30. The Morgan fingerprint density at radius 2 is 1.55 bits per heavy atom. The highest BCUT2D eigenvalue weighted by molar-refractivity contribution is 7.92. The van der Waals surface area contributed by atoms with Crippen molar-refractivity contribution in [3.05, 3.63) is 59.2 Å². The van der Waals surface area contributed by atoms with Crippen LogP contribution in [-0.4, -0.2) is 38.9 Å². The van der Waals surface area contributed by atoms with Crippen LogP contribution in [-0.2, 0) is 14.8 Å². The van der Waals surface area contributed by atoms with Gasteiger partial charge in [-0.15, -0.1) is 0 Å². The van der Waals surface area contributed by atoms with Crippen LogP contribution >= 0.6 is 0 Å². The van der Waals surface area contributed by atoms with Gasteiger partial charge in [0.1, 0.15) is 6.54 Å². The summed E-state index contributed by atoms with van der Waals surface area (Å²) in [6, 6.07) is 12.6. The Bertz CT molecular complexity index is 978. The summed E-state index contributed by atoms with van der Waals surface area (Å²) in [5.41, 5.74) is 3.41. The van der Waals surface area contributed by atoms with Crippen molar-refractivity contribution in [2.75, 3.05) is 17.9 Å². The molecule has 1 fully saturated rings. The van der Waals surface area contributed by atoms with E-state index in [1.54, 1.807) is 42.3 Å². The molecule has 0 heterocycles. The van der Waals surface area contributed by atoms with E-state index in [4.69, 9.17) is 0 Å². The molecule has 1 aliphatic rings. The second-order valence-electron chi connectivity index (χ2n) is 8.06. The Balaban J connectivity index is 1.99. The van der Waals surface area contributed by atoms with Crippen molar-refractivity contribution < 1.29 is 13.2 Å². The number of amides is 1. The van der Waals surface area contributed by atoms with Crippen molar-refractivity contribution in [2.24, 2.45) is 0 Å². The van der Waals surface area contributed by atoms with E-state index in [2.05, 4.69) is 0 Å². The zero-order valence-corrected chi connectivity index (χ0v) is 18.5. The number of likely N-dealkylation sites (N-methyl/N-ethyl adjacent to an activating group) is 1. The fourth-order valence-corrected chi connectivity index (χ4v) is 5.43. The van der Waals surface area contributed by atoms with Gasteiger partial charge in [0.25, 0.3) is 10.0 Å². The van der Waals surface area contributed by atoms with Crippen LogP contribution in [0.2, 0.25) is 0 Å². The van der Waals surface area contributed by atoms with Crippen molar-refractivity contribution in [2.45, 2.75) is 57.4 Å². The maximum Gasteiger partial charge on any atom is 0.264 e. The highest BCUT2D eigenvalue weighted by Crippen LogP contribution is 2.29. The molecule has 1 aliphatic carbocycles. The Labute approximate surface area is 174 Å². The average molecular weight is 415 g/mol. The third kappa shape index (κ3) is 4.64. The molecule has 0 unspecified atom stereocenters. The molecule has 0 aromatic heterocycles. The Morgan fingerprint density at radius 3 is 2.14 bits per heavy atom. The van der Waals surface area contributed by atoms with Gasteiger partial charge in [0.05, 0.1) is 10.6 Å². The number of benzene rings is 2. The monoisotopic (exact) mass is 414 g/mol. The first kappa shape index (κ1) is 21.4. The first-order chi connectivity index (χ1) is 13.7. The summed E-state index contributed by atoms with van der Waals surface area (Å²) in [6.45, 7) is 5.56. The van der Waals surface area contributed by atoms with E-state index in [9.17, 15) is 13.2 Å². The second-order valence-corrected chi connectivity index (χ2v) is 9.92. The second kappa shape index (κ2) is 8.57. The van der Waals surface area contributed by atoms with E-state index in [1.807, 2.05) is 32.9 Å². The van der Waals surface area contributed by atoms with Crippen LogP contribution in [0.15, 0.2) is 47.4 Å². The number of sulfonamides is 1. The molecule has 2 aromatic carbocycles. The van der Waals surface area contributed by atoms with Crippen molar-refractivity contribution in [1.29, 1.82) is 0 Å². The summed E-state index contributed by atoms with van der Waals surface area (Å²) in [5.74, 6) is -0.174. The fraction of sp³-hybridized carbons (Fsp3) is 0.435. The number of hydrogen-bond acceptors (Lipinski definition) is 3. The number of anilines is 1. The molecule has 156 valence electrons. The van der Waals surface area contributed by atoms with Crippen molar-refractivity contribution in [1.82, 2.24) is 4.90 Å². The molecule has 0 atom stereocenters. The van der Waals surface area contributed by atoms with Gasteiger partial charge in [0.2, 0.25) is 5.91 Å². The zero-order valence-electron chi connectivity index (χ0n) is 17.7. The largest absolute Gasteiger partial charge is 0.341 e. The van der Waals surface area contributed by atoms with Crippen LogP contribution in [0.5, 0.6) is 0 Å². The van der Waals surface area contributed by atoms with Crippen LogP contribution in [0, 0.1) is 20.8 Å². The lowest BCUT2D eigenvalue weighted by Crippen LogP contribution is -2.44. The Morgan fingerprint density at radius 1 is 0.966 bits per heavy atom. The topological polar surface area (TPSA) is 57.7 Å². The van der Waals surface area contributed by atoms with Crippen molar-refractivity contribution >= 4 is 21.6 Å². The molecular formula is C23H30N2O3S. The maximum absolute atomic E-state index is 13.5. The van der Waals surface area contributed by atoms with Gasteiger partial charge in [-0.05, 0) is 57.4 Å². The summed E-state index contributed by atoms with van der Waals surface area (Å²) < 4.78 is 28.3. The minimum Gasteiger partial charge on any atom is -0.341 e. The van der Waals surface area contributed by atoms with Gasteiger partial charge < -0.3 is 4.90 Å². The molecule has 0 N–H and O–H groups in total. The number of carbonyl (C=O) groups excluding carboxylic acids is 1. The molecule has 0 saturated heterocycles. The standard InChI is InChI=1S/C23H30N2O3S/c1-17-9-12-21(13-10-17)29(27,28)25(22-14-11-18(2)15-19(22)3)16-23(26)24(4)20-7-5-6-8-20/h9-15,20H,5-8,16H2,1-4H3. The molecule has 2 aromatic rings. The normalized spacial score (nSPS) is 14.8. The predicted octanol–water partition coefficient (Wildman–Crippen LogP) is 4.21. The minimum atomic E-state index is -3.87. The van der Waals surface area contributed by atoms with Gasteiger partial charge >= 0.3 is 0 Å². The van der Waals surface area contributed by atoms with Gasteiger partial charge in [-0.1, -0.05) is 48.2 Å². The Kier molecular flexibility index (Phi) is 6.32. The number of carbonyl (C=O) groups is 1. The summed E-state index contributed by atoms with van der Waals surface area (Å²) in [7, 11) is -2.08. The van der Waals surface area contributed by atoms with E-state index in [-0.39, 0.29) is 23.4 Å². The summed E-state index contributed by atoms with van der Waals surface area (Å²) in [6.07, 6.45) is 4.20. The maximum atomic E-state index is 13.5. The van der Waals surface area contributed by atoms with Crippen molar-refractivity contribution in [3.8, 4) is 0 Å². The van der Waals surface area contributed by atoms with Crippen LogP contribution < -0.4 is 4.31 Å². The molecule has 1 saturated carbocycles. The average Bonchev–Trinajstić information content (AvgIpc) is 3.21. The number of hydrogen-bond donors (Lipinski definition) is 0. The lowest BCUT2D eigenvalue weighted by atomic mass is 10.1. The van der Waals surface area contributed by atoms with E-state index in [1.165, 1.54) is 4.31 Å². The number of aryl methyl sites for hydroxylation is 3. The minimum absolute atomic E-state index is 0.174. The van der Waals surface area contributed by atoms with Gasteiger partial charge in [0, 0.05) is 13.1 Å². The van der Waals surface area contributed by atoms with E-state index >= 15 is 0 Å². The highest BCUT2D eigenvalue weighted by Gasteiger charge is 2.31. The third-order valence-corrected chi connectivity index (χ3v) is 7.55. The van der Waals surface area contributed by atoms with Crippen LogP contribution in [0.3, 0.4) is 0 Å². The van der Waals surface area contributed by atoms with Crippen molar-refractivity contribution in [3.63, 3.8) is 0 Å².